The van der Waals surface area contributed by atoms with Crippen LogP contribution in [0.25, 0.3) is 0 Å². The summed E-state index contributed by atoms with van der Waals surface area (Å²) in [5.74, 6) is 0.874. The fraction of sp³-hybridized carbons (Fsp3) is 0.438. The zero-order valence-corrected chi connectivity index (χ0v) is 13.5. The minimum Gasteiger partial charge on any atom is -0.371 e. The summed E-state index contributed by atoms with van der Waals surface area (Å²) in [5, 5.41) is 7.20. The Balaban J connectivity index is 1.38. The number of likely N-dealkylation sites (tertiary alicyclic amines) is 1. The highest BCUT2D eigenvalue weighted by molar-refractivity contribution is 7.08. The molecule has 0 aliphatic carbocycles. The molecular weight excluding hydrogens is 312 g/mol. The number of nitrogens with one attached hydrogen (secondary N) is 1. The summed E-state index contributed by atoms with van der Waals surface area (Å²) >= 11 is 1.55. The third-order valence-electron chi connectivity index (χ3n) is 4.50. The largest absolute Gasteiger partial charge is 0.371 e. The maximum absolute atomic E-state index is 12.5. The van der Waals surface area contributed by atoms with Gasteiger partial charge < -0.3 is 15.0 Å². The summed E-state index contributed by atoms with van der Waals surface area (Å²) in [6.45, 7) is 2.06. The van der Waals surface area contributed by atoms with E-state index in [4.69, 9.17) is 4.74 Å². The lowest BCUT2D eigenvalue weighted by Crippen LogP contribution is -2.36. The molecule has 1 amide bonds. The van der Waals surface area contributed by atoms with Crippen LogP contribution in [-0.4, -0.2) is 52.1 Å². The average molecular weight is 330 g/mol. The van der Waals surface area contributed by atoms with Crippen molar-refractivity contribution in [1.82, 2.24) is 14.9 Å². The van der Waals surface area contributed by atoms with E-state index in [-0.39, 0.29) is 17.6 Å². The van der Waals surface area contributed by atoms with Gasteiger partial charge in [0.15, 0.2) is 0 Å². The molecule has 7 heteroatoms. The Morgan fingerprint density at radius 3 is 3.22 bits per heavy atom. The molecule has 2 saturated heterocycles. The molecule has 23 heavy (non-hydrogen) atoms. The number of amides is 1. The fourth-order valence-corrected chi connectivity index (χ4v) is 4.02. The van der Waals surface area contributed by atoms with E-state index in [9.17, 15) is 4.79 Å². The van der Waals surface area contributed by atoms with Crippen molar-refractivity contribution in [3.63, 3.8) is 0 Å². The molecule has 2 aromatic rings. The molecule has 6 nitrogen and oxygen atoms in total. The Labute approximate surface area is 138 Å². The number of carbonyl (C=O) groups is 1. The van der Waals surface area contributed by atoms with Crippen molar-refractivity contribution < 1.29 is 9.53 Å². The Morgan fingerprint density at radius 1 is 1.48 bits per heavy atom. The lowest BCUT2D eigenvalue weighted by atomic mass is 9.97. The van der Waals surface area contributed by atoms with Gasteiger partial charge in [0.05, 0.1) is 36.6 Å². The van der Waals surface area contributed by atoms with Gasteiger partial charge in [-0.2, -0.15) is 11.3 Å². The van der Waals surface area contributed by atoms with Gasteiger partial charge in [0, 0.05) is 30.7 Å². The highest BCUT2D eigenvalue weighted by Crippen LogP contribution is 2.36. The summed E-state index contributed by atoms with van der Waals surface area (Å²) < 4.78 is 6.08. The smallest absolute Gasteiger partial charge is 0.254 e. The monoisotopic (exact) mass is 330 g/mol. The topological polar surface area (TPSA) is 67.4 Å². The quantitative estimate of drug-likeness (QED) is 0.932. The number of carbonyl (C=O) groups excluding carboxylic acids is 1. The molecule has 2 atom stereocenters. The molecule has 0 radical (unpaired) electrons. The maximum Gasteiger partial charge on any atom is 0.254 e. The van der Waals surface area contributed by atoms with Crippen molar-refractivity contribution in [2.75, 3.05) is 25.0 Å². The van der Waals surface area contributed by atoms with E-state index < -0.39 is 0 Å². The van der Waals surface area contributed by atoms with Crippen LogP contribution < -0.4 is 5.32 Å². The van der Waals surface area contributed by atoms with Crippen molar-refractivity contribution in [2.45, 2.75) is 24.5 Å². The summed E-state index contributed by atoms with van der Waals surface area (Å²) in [6, 6.07) is 2.09. The van der Waals surface area contributed by atoms with Crippen LogP contribution in [-0.2, 0) is 4.74 Å². The summed E-state index contributed by atoms with van der Waals surface area (Å²) in [6.07, 6.45) is 6.82. The van der Waals surface area contributed by atoms with Crippen molar-refractivity contribution in [3.8, 4) is 0 Å². The minimum absolute atomic E-state index is 0.108. The van der Waals surface area contributed by atoms with E-state index in [1.165, 1.54) is 0 Å². The van der Waals surface area contributed by atoms with Gasteiger partial charge in [-0.1, -0.05) is 0 Å². The molecule has 0 saturated carbocycles. The zero-order chi connectivity index (χ0) is 15.7. The van der Waals surface area contributed by atoms with Crippen LogP contribution in [0.15, 0.2) is 35.4 Å². The van der Waals surface area contributed by atoms with Gasteiger partial charge in [0.2, 0.25) is 0 Å². The Bertz CT molecular complexity index is 679. The molecule has 2 aliphatic rings. The van der Waals surface area contributed by atoms with Gasteiger partial charge in [0.25, 0.3) is 5.91 Å². The predicted octanol–water partition coefficient (Wildman–Crippen LogP) is 2.02. The first-order valence-electron chi connectivity index (χ1n) is 7.72. The van der Waals surface area contributed by atoms with Crippen LogP contribution in [0.2, 0.25) is 0 Å². The minimum atomic E-state index is -0.217. The van der Waals surface area contributed by atoms with Gasteiger partial charge in [-0.15, -0.1) is 0 Å². The lowest BCUT2D eigenvalue weighted by molar-refractivity contribution is 0.0125. The van der Waals surface area contributed by atoms with Gasteiger partial charge >= 0.3 is 0 Å². The lowest BCUT2D eigenvalue weighted by Gasteiger charge is -2.23. The first-order chi connectivity index (χ1) is 11.2. The van der Waals surface area contributed by atoms with E-state index in [0.717, 1.165) is 30.8 Å². The van der Waals surface area contributed by atoms with Crippen molar-refractivity contribution >= 4 is 23.1 Å². The van der Waals surface area contributed by atoms with E-state index in [1.807, 2.05) is 21.7 Å². The zero-order valence-electron chi connectivity index (χ0n) is 12.6. The third kappa shape index (κ3) is 2.94. The molecular formula is C16H18N4O2S. The molecule has 4 rings (SSSR count). The molecule has 2 aromatic heterocycles. The number of hydrogen-bond donors (Lipinski definition) is 1. The summed E-state index contributed by atoms with van der Waals surface area (Å²) in [4.78, 5) is 22.7. The van der Waals surface area contributed by atoms with E-state index in [0.29, 0.717) is 13.2 Å². The number of aromatic nitrogens is 2. The number of anilines is 1. The number of rotatable bonds is 3. The molecule has 4 heterocycles. The molecule has 1 spiro atoms. The van der Waals surface area contributed by atoms with E-state index in [1.54, 1.807) is 29.9 Å². The second kappa shape index (κ2) is 5.90. The molecule has 120 valence electrons. The summed E-state index contributed by atoms with van der Waals surface area (Å²) in [5.41, 5.74) is 0.560. The maximum atomic E-state index is 12.5. The third-order valence-corrected chi connectivity index (χ3v) is 5.18. The van der Waals surface area contributed by atoms with Gasteiger partial charge in [-0.05, 0) is 17.9 Å². The van der Waals surface area contributed by atoms with Crippen molar-refractivity contribution in [3.05, 3.63) is 41.0 Å². The molecule has 0 bridgehead atoms. The fourth-order valence-electron chi connectivity index (χ4n) is 3.39. The number of hydrogen-bond acceptors (Lipinski definition) is 6. The summed E-state index contributed by atoms with van der Waals surface area (Å²) in [7, 11) is 0. The van der Waals surface area contributed by atoms with Crippen LogP contribution >= 0.6 is 11.3 Å². The first kappa shape index (κ1) is 14.6. The first-order valence-corrected chi connectivity index (χ1v) is 8.66. The number of ether oxygens (including phenoxy) is 1. The predicted molar refractivity (Wildman–Crippen MR) is 87.6 cm³/mol. The number of nitrogens with zero attached hydrogens (tertiary/aromatic N) is 3. The normalized spacial score (nSPS) is 26.8. The molecule has 2 unspecified atom stereocenters. The highest BCUT2D eigenvalue weighted by atomic mass is 32.1. The van der Waals surface area contributed by atoms with Gasteiger partial charge in [-0.25, -0.2) is 4.98 Å². The Kier molecular flexibility index (Phi) is 3.74. The Morgan fingerprint density at radius 2 is 2.43 bits per heavy atom. The van der Waals surface area contributed by atoms with Gasteiger partial charge in [-0.3, -0.25) is 9.78 Å². The second-order valence-corrected chi connectivity index (χ2v) is 6.90. The molecule has 2 aliphatic heterocycles. The number of thiophene rings is 1. The van der Waals surface area contributed by atoms with Crippen LogP contribution in [0.5, 0.6) is 0 Å². The SMILES string of the molecule is O=C(c1ccsc1)N1CCC2(CC(Nc3cnccn3)CO2)C1. The second-order valence-electron chi connectivity index (χ2n) is 6.12. The van der Waals surface area contributed by atoms with Crippen molar-refractivity contribution in [1.29, 1.82) is 0 Å². The average Bonchev–Trinajstić information content (AvgIpc) is 3.31. The Hall–Kier alpha value is -1.99. The van der Waals surface area contributed by atoms with Crippen LogP contribution in [0.4, 0.5) is 5.82 Å². The highest BCUT2D eigenvalue weighted by Gasteiger charge is 2.46. The van der Waals surface area contributed by atoms with Gasteiger partial charge in [0.1, 0.15) is 5.82 Å². The van der Waals surface area contributed by atoms with Crippen LogP contribution in [0.1, 0.15) is 23.2 Å². The van der Waals surface area contributed by atoms with Crippen molar-refractivity contribution in [2.24, 2.45) is 0 Å². The molecule has 2 fully saturated rings. The van der Waals surface area contributed by atoms with E-state index in [2.05, 4.69) is 15.3 Å². The molecule has 0 aromatic carbocycles. The van der Waals surface area contributed by atoms with Crippen LogP contribution in [0, 0.1) is 0 Å². The molecule has 1 N–H and O–H groups in total. The standard InChI is InChI=1S/C16H18N4O2S/c21-15(12-1-6-23-10-12)20-5-2-16(11-20)7-13(9-22-16)19-14-8-17-3-4-18-14/h1,3-4,6,8,10,13H,2,5,7,9,11H2,(H,18,19). The van der Waals surface area contributed by atoms with Crippen LogP contribution in [0.3, 0.4) is 0 Å². The van der Waals surface area contributed by atoms with E-state index >= 15 is 0 Å².